The van der Waals surface area contributed by atoms with Gasteiger partial charge in [0.15, 0.2) is 0 Å². The number of nitrogens with one attached hydrogen (secondary N) is 1. The molecule has 3 aromatic rings. The molecule has 0 bridgehead atoms. The third kappa shape index (κ3) is 2.70. The minimum absolute atomic E-state index is 0.667. The number of hydrogen-bond acceptors (Lipinski definition) is 4. The van der Waals surface area contributed by atoms with E-state index < -0.39 is 0 Å². The van der Waals surface area contributed by atoms with Gasteiger partial charge in [0, 0.05) is 29.4 Å². The zero-order chi connectivity index (χ0) is 14.8. The molecule has 21 heavy (non-hydrogen) atoms. The van der Waals surface area contributed by atoms with Gasteiger partial charge in [-0.3, -0.25) is 4.98 Å². The first-order chi connectivity index (χ1) is 10.2. The molecule has 106 valence electrons. The molecule has 4 heteroatoms. The lowest BCUT2D eigenvalue weighted by Crippen LogP contribution is -2.03. The summed E-state index contributed by atoms with van der Waals surface area (Å²) in [4.78, 5) is 13.4. The van der Waals surface area contributed by atoms with Crippen LogP contribution in [0, 0.1) is 13.8 Å². The van der Waals surface area contributed by atoms with Crippen LogP contribution in [-0.2, 0) is 0 Å². The average Bonchev–Trinajstić information content (AvgIpc) is 2.49. The maximum atomic E-state index is 4.61. The number of benzene rings is 1. The Balaban J connectivity index is 2.11. The van der Waals surface area contributed by atoms with Crippen molar-refractivity contribution < 1.29 is 0 Å². The predicted molar refractivity (Wildman–Crippen MR) is 86.4 cm³/mol. The molecular formula is C17H18N4. The number of rotatable bonds is 3. The zero-order valence-corrected chi connectivity index (χ0v) is 12.5. The van der Waals surface area contributed by atoms with E-state index in [0.717, 1.165) is 40.0 Å². The van der Waals surface area contributed by atoms with Gasteiger partial charge in [0.2, 0.25) is 5.95 Å². The SMILES string of the molecule is CCNc1ncc(C)c(-c2ccc3nc(C)ccc3c2)n1. The van der Waals surface area contributed by atoms with E-state index >= 15 is 0 Å². The van der Waals surface area contributed by atoms with E-state index in [1.165, 1.54) is 0 Å². The Kier molecular flexibility index (Phi) is 3.52. The van der Waals surface area contributed by atoms with Crippen LogP contribution in [0.2, 0.25) is 0 Å². The van der Waals surface area contributed by atoms with Crippen molar-refractivity contribution in [2.45, 2.75) is 20.8 Å². The minimum Gasteiger partial charge on any atom is -0.354 e. The maximum Gasteiger partial charge on any atom is 0.223 e. The number of nitrogens with zero attached hydrogens (tertiary/aromatic N) is 3. The van der Waals surface area contributed by atoms with Gasteiger partial charge >= 0.3 is 0 Å². The first-order valence-electron chi connectivity index (χ1n) is 7.12. The highest BCUT2D eigenvalue weighted by Gasteiger charge is 2.07. The van der Waals surface area contributed by atoms with Crippen LogP contribution in [0.15, 0.2) is 36.5 Å². The van der Waals surface area contributed by atoms with Crippen molar-refractivity contribution in [2.75, 3.05) is 11.9 Å². The van der Waals surface area contributed by atoms with E-state index in [4.69, 9.17) is 0 Å². The van der Waals surface area contributed by atoms with E-state index in [0.29, 0.717) is 5.95 Å². The Morgan fingerprint density at radius 3 is 2.71 bits per heavy atom. The van der Waals surface area contributed by atoms with Gasteiger partial charge in [-0.1, -0.05) is 12.1 Å². The molecule has 2 heterocycles. The third-order valence-corrected chi connectivity index (χ3v) is 3.41. The molecule has 0 saturated carbocycles. The quantitative estimate of drug-likeness (QED) is 0.793. The normalized spacial score (nSPS) is 10.8. The zero-order valence-electron chi connectivity index (χ0n) is 12.5. The standard InChI is InChI=1S/C17H18N4/c1-4-18-17-19-10-11(2)16(21-17)14-7-8-15-13(9-14)6-5-12(3)20-15/h5-10H,4H2,1-3H3,(H,18,19,21). The van der Waals surface area contributed by atoms with E-state index in [1.54, 1.807) is 0 Å². The highest BCUT2D eigenvalue weighted by atomic mass is 15.1. The monoisotopic (exact) mass is 278 g/mol. The highest BCUT2D eigenvalue weighted by molar-refractivity contribution is 5.84. The van der Waals surface area contributed by atoms with Crippen molar-refractivity contribution >= 4 is 16.9 Å². The fourth-order valence-electron chi connectivity index (χ4n) is 2.35. The van der Waals surface area contributed by atoms with Crippen molar-refractivity contribution in [1.82, 2.24) is 15.0 Å². The van der Waals surface area contributed by atoms with Crippen molar-refractivity contribution in [3.05, 3.63) is 47.8 Å². The Morgan fingerprint density at radius 1 is 1.05 bits per heavy atom. The van der Waals surface area contributed by atoms with Gasteiger partial charge in [-0.2, -0.15) is 0 Å². The molecule has 2 aromatic heterocycles. The average molecular weight is 278 g/mol. The van der Waals surface area contributed by atoms with Crippen LogP contribution >= 0.6 is 0 Å². The van der Waals surface area contributed by atoms with Gasteiger partial charge in [0.25, 0.3) is 0 Å². The summed E-state index contributed by atoms with van der Waals surface area (Å²) in [5.74, 6) is 0.667. The van der Waals surface area contributed by atoms with E-state index in [9.17, 15) is 0 Å². The largest absolute Gasteiger partial charge is 0.354 e. The molecule has 0 aliphatic carbocycles. The van der Waals surface area contributed by atoms with Gasteiger partial charge < -0.3 is 5.32 Å². The molecule has 1 N–H and O–H groups in total. The lowest BCUT2D eigenvalue weighted by atomic mass is 10.1. The van der Waals surface area contributed by atoms with Gasteiger partial charge in [0.05, 0.1) is 11.2 Å². The van der Waals surface area contributed by atoms with Crippen molar-refractivity contribution in [1.29, 1.82) is 0 Å². The molecule has 3 rings (SSSR count). The van der Waals surface area contributed by atoms with Crippen molar-refractivity contribution in [3.8, 4) is 11.3 Å². The van der Waals surface area contributed by atoms with Crippen LogP contribution in [0.1, 0.15) is 18.2 Å². The smallest absolute Gasteiger partial charge is 0.223 e. The molecule has 0 atom stereocenters. The second-order valence-corrected chi connectivity index (χ2v) is 5.12. The van der Waals surface area contributed by atoms with Crippen molar-refractivity contribution in [2.24, 2.45) is 0 Å². The van der Waals surface area contributed by atoms with E-state index in [1.807, 2.05) is 39.1 Å². The first kappa shape index (κ1) is 13.5. The summed E-state index contributed by atoms with van der Waals surface area (Å²) in [7, 11) is 0. The second kappa shape index (κ2) is 5.48. The molecule has 0 aliphatic rings. The maximum absolute atomic E-state index is 4.61. The number of anilines is 1. The number of aryl methyl sites for hydroxylation is 2. The molecule has 1 aromatic carbocycles. The van der Waals surface area contributed by atoms with Crippen LogP contribution in [0.4, 0.5) is 5.95 Å². The number of fused-ring (bicyclic) bond motifs is 1. The van der Waals surface area contributed by atoms with Gasteiger partial charge in [0.1, 0.15) is 0 Å². The van der Waals surface area contributed by atoms with Crippen LogP contribution < -0.4 is 5.32 Å². The van der Waals surface area contributed by atoms with Gasteiger partial charge in [-0.05, 0) is 44.5 Å². The molecule has 0 unspecified atom stereocenters. The van der Waals surface area contributed by atoms with E-state index in [2.05, 4.69) is 38.5 Å². The van der Waals surface area contributed by atoms with Gasteiger partial charge in [-0.15, -0.1) is 0 Å². The lowest BCUT2D eigenvalue weighted by Gasteiger charge is -2.09. The van der Waals surface area contributed by atoms with Crippen LogP contribution in [0.3, 0.4) is 0 Å². The predicted octanol–water partition coefficient (Wildman–Crippen LogP) is 3.74. The summed E-state index contributed by atoms with van der Waals surface area (Å²) < 4.78 is 0. The molecule has 0 spiro atoms. The summed E-state index contributed by atoms with van der Waals surface area (Å²) in [5.41, 5.74) is 5.16. The summed E-state index contributed by atoms with van der Waals surface area (Å²) in [6.45, 7) is 6.88. The van der Waals surface area contributed by atoms with Crippen LogP contribution in [-0.4, -0.2) is 21.5 Å². The Labute approximate surface area is 124 Å². The molecule has 0 aliphatic heterocycles. The summed E-state index contributed by atoms with van der Waals surface area (Å²) in [6, 6.07) is 10.4. The molecule has 0 radical (unpaired) electrons. The van der Waals surface area contributed by atoms with Crippen molar-refractivity contribution in [3.63, 3.8) is 0 Å². The minimum atomic E-state index is 0.667. The fraction of sp³-hybridized carbons (Fsp3) is 0.235. The molecule has 0 fully saturated rings. The Hall–Kier alpha value is -2.49. The number of aromatic nitrogens is 3. The Bertz CT molecular complexity index is 796. The summed E-state index contributed by atoms with van der Waals surface area (Å²) in [6.07, 6.45) is 1.86. The van der Waals surface area contributed by atoms with E-state index in [-0.39, 0.29) is 0 Å². The summed E-state index contributed by atoms with van der Waals surface area (Å²) >= 11 is 0. The van der Waals surface area contributed by atoms with Crippen LogP contribution in [0.5, 0.6) is 0 Å². The molecular weight excluding hydrogens is 260 g/mol. The fourth-order valence-corrected chi connectivity index (χ4v) is 2.35. The highest BCUT2D eigenvalue weighted by Crippen LogP contribution is 2.25. The first-order valence-corrected chi connectivity index (χ1v) is 7.12. The Morgan fingerprint density at radius 2 is 1.90 bits per heavy atom. The number of pyridine rings is 1. The van der Waals surface area contributed by atoms with Crippen LogP contribution in [0.25, 0.3) is 22.2 Å². The molecule has 4 nitrogen and oxygen atoms in total. The summed E-state index contributed by atoms with van der Waals surface area (Å²) in [5, 5.41) is 4.28. The number of hydrogen-bond donors (Lipinski definition) is 1. The third-order valence-electron chi connectivity index (χ3n) is 3.41. The topological polar surface area (TPSA) is 50.7 Å². The second-order valence-electron chi connectivity index (χ2n) is 5.12. The van der Waals surface area contributed by atoms with Gasteiger partial charge in [-0.25, -0.2) is 9.97 Å². The lowest BCUT2D eigenvalue weighted by molar-refractivity contribution is 1.07. The molecule has 0 amide bonds. The molecule has 0 saturated heterocycles.